The topological polar surface area (TPSA) is 72.6 Å². The van der Waals surface area contributed by atoms with Crippen LogP contribution >= 0.6 is 0 Å². The molecule has 1 atom stereocenters. The average molecular weight is 310 g/mol. The monoisotopic (exact) mass is 310 g/mol. The third-order valence-electron chi connectivity index (χ3n) is 3.37. The lowest BCUT2D eigenvalue weighted by molar-refractivity contribution is 0.371. The van der Waals surface area contributed by atoms with Gasteiger partial charge in [-0.25, -0.2) is 8.42 Å². The molecular weight excluding hydrogens is 288 g/mol. The van der Waals surface area contributed by atoms with Gasteiger partial charge in [0.2, 0.25) is 10.0 Å². The molecule has 1 aromatic rings. The van der Waals surface area contributed by atoms with Gasteiger partial charge < -0.3 is 10.5 Å². The smallest absolute Gasteiger partial charge is 0.246 e. The Labute approximate surface area is 127 Å². The molecule has 0 heterocycles. The van der Waals surface area contributed by atoms with Crippen LogP contribution in [0.4, 0.5) is 0 Å². The van der Waals surface area contributed by atoms with Crippen molar-refractivity contribution >= 4 is 10.0 Å². The summed E-state index contributed by atoms with van der Waals surface area (Å²) in [6, 6.07) is 4.75. The molecule has 0 radical (unpaired) electrons. The fourth-order valence-corrected chi connectivity index (χ4v) is 3.37. The van der Waals surface area contributed by atoms with Crippen molar-refractivity contribution in [2.75, 3.05) is 20.7 Å². The standard InChI is InChI=1S/C15H22N2O3S/c1-5-12(2)17(3)21(18,19)15-11-13(7-6-10-16)8-9-14(15)20-4/h8-9,11-12H,5,10,16H2,1-4H3. The molecule has 0 fully saturated rings. The summed E-state index contributed by atoms with van der Waals surface area (Å²) >= 11 is 0. The van der Waals surface area contributed by atoms with Crippen molar-refractivity contribution < 1.29 is 13.2 Å². The van der Waals surface area contributed by atoms with E-state index in [1.807, 2.05) is 13.8 Å². The van der Waals surface area contributed by atoms with Gasteiger partial charge in [-0.1, -0.05) is 18.8 Å². The van der Waals surface area contributed by atoms with Crippen molar-refractivity contribution in [3.8, 4) is 17.6 Å². The van der Waals surface area contributed by atoms with Crippen LogP contribution in [0.25, 0.3) is 0 Å². The molecule has 0 spiro atoms. The van der Waals surface area contributed by atoms with Crippen LogP contribution in [0.2, 0.25) is 0 Å². The fourth-order valence-electron chi connectivity index (χ4n) is 1.76. The normalized spacial score (nSPS) is 12.7. The van der Waals surface area contributed by atoms with Crippen LogP contribution in [0.15, 0.2) is 23.1 Å². The van der Waals surface area contributed by atoms with E-state index < -0.39 is 10.0 Å². The molecule has 0 bridgehead atoms. The van der Waals surface area contributed by atoms with E-state index in [0.717, 1.165) is 6.42 Å². The molecular formula is C15H22N2O3S. The number of sulfonamides is 1. The first kappa shape index (κ1) is 17.5. The summed E-state index contributed by atoms with van der Waals surface area (Å²) in [7, 11) is -0.613. The third kappa shape index (κ3) is 3.97. The van der Waals surface area contributed by atoms with E-state index in [4.69, 9.17) is 10.5 Å². The number of benzene rings is 1. The van der Waals surface area contributed by atoms with Crippen LogP contribution in [0, 0.1) is 11.8 Å². The lowest BCUT2D eigenvalue weighted by atomic mass is 10.2. The molecule has 2 N–H and O–H groups in total. The lowest BCUT2D eigenvalue weighted by Crippen LogP contribution is -2.34. The first-order valence-corrected chi connectivity index (χ1v) is 8.17. The maximum Gasteiger partial charge on any atom is 0.246 e. The molecule has 0 aliphatic heterocycles. The maximum absolute atomic E-state index is 12.7. The molecule has 0 aromatic heterocycles. The predicted octanol–water partition coefficient (Wildman–Crippen LogP) is 1.42. The van der Waals surface area contributed by atoms with E-state index in [9.17, 15) is 8.42 Å². The van der Waals surface area contributed by atoms with Crippen molar-refractivity contribution in [1.29, 1.82) is 0 Å². The van der Waals surface area contributed by atoms with Crippen molar-refractivity contribution in [3.05, 3.63) is 23.8 Å². The van der Waals surface area contributed by atoms with Crippen molar-refractivity contribution in [3.63, 3.8) is 0 Å². The van der Waals surface area contributed by atoms with Gasteiger partial charge in [0.1, 0.15) is 10.6 Å². The zero-order valence-electron chi connectivity index (χ0n) is 12.9. The minimum absolute atomic E-state index is 0.0986. The summed E-state index contributed by atoms with van der Waals surface area (Å²) in [5.41, 5.74) is 5.93. The molecule has 1 unspecified atom stereocenters. The van der Waals surface area contributed by atoms with E-state index >= 15 is 0 Å². The van der Waals surface area contributed by atoms with E-state index in [1.165, 1.54) is 17.5 Å². The van der Waals surface area contributed by atoms with Gasteiger partial charge in [-0.15, -0.1) is 0 Å². The Morgan fingerprint density at radius 2 is 2.10 bits per heavy atom. The molecule has 1 aromatic carbocycles. The number of rotatable bonds is 5. The van der Waals surface area contributed by atoms with Gasteiger partial charge in [-0.2, -0.15) is 4.31 Å². The van der Waals surface area contributed by atoms with Crippen molar-refractivity contribution in [1.82, 2.24) is 4.31 Å². The zero-order chi connectivity index (χ0) is 16.0. The van der Waals surface area contributed by atoms with Crippen molar-refractivity contribution in [2.45, 2.75) is 31.2 Å². The molecule has 0 saturated carbocycles. The highest BCUT2D eigenvalue weighted by Crippen LogP contribution is 2.28. The maximum atomic E-state index is 12.7. The highest BCUT2D eigenvalue weighted by atomic mass is 32.2. The van der Waals surface area contributed by atoms with Crippen molar-refractivity contribution in [2.24, 2.45) is 5.73 Å². The first-order valence-electron chi connectivity index (χ1n) is 6.73. The van der Waals surface area contributed by atoms with E-state index in [-0.39, 0.29) is 17.5 Å². The van der Waals surface area contributed by atoms with E-state index in [2.05, 4.69) is 11.8 Å². The lowest BCUT2D eigenvalue weighted by Gasteiger charge is -2.24. The zero-order valence-corrected chi connectivity index (χ0v) is 13.7. The summed E-state index contributed by atoms with van der Waals surface area (Å²) in [6.45, 7) is 4.03. The first-order chi connectivity index (χ1) is 9.88. The van der Waals surface area contributed by atoms with Crippen LogP contribution in [0.1, 0.15) is 25.8 Å². The predicted molar refractivity (Wildman–Crippen MR) is 83.6 cm³/mol. The fraction of sp³-hybridized carbons (Fsp3) is 0.467. The molecule has 0 aliphatic rings. The number of methoxy groups -OCH3 is 1. The number of nitrogens with zero attached hydrogens (tertiary/aromatic N) is 1. The molecule has 0 saturated heterocycles. The average Bonchev–Trinajstić information content (AvgIpc) is 2.50. The number of hydrogen-bond donors (Lipinski definition) is 1. The number of hydrogen-bond acceptors (Lipinski definition) is 4. The Bertz CT molecular complexity index is 645. The SMILES string of the molecule is CCC(C)N(C)S(=O)(=O)c1cc(C#CCN)ccc1OC. The molecule has 0 amide bonds. The van der Waals surface area contributed by atoms with Gasteiger partial charge in [0.05, 0.1) is 13.7 Å². The second-order valence-corrected chi connectivity index (χ2v) is 6.62. The van der Waals surface area contributed by atoms with E-state index in [0.29, 0.717) is 11.3 Å². The van der Waals surface area contributed by atoms with Gasteiger partial charge in [-0.05, 0) is 31.5 Å². The van der Waals surface area contributed by atoms with Crippen LogP contribution in [-0.2, 0) is 10.0 Å². The molecule has 5 nitrogen and oxygen atoms in total. The Kier molecular flexibility index (Phi) is 6.21. The van der Waals surface area contributed by atoms with Crippen LogP contribution in [0.5, 0.6) is 5.75 Å². The second-order valence-electron chi connectivity index (χ2n) is 4.65. The van der Waals surface area contributed by atoms with Crippen LogP contribution in [-0.4, -0.2) is 39.5 Å². The summed E-state index contributed by atoms with van der Waals surface area (Å²) in [4.78, 5) is 0.122. The highest BCUT2D eigenvalue weighted by molar-refractivity contribution is 7.89. The minimum Gasteiger partial charge on any atom is -0.495 e. The van der Waals surface area contributed by atoms with Crippen LogP contribution in [0.3, 0.4) is 0 Å². The Morgan fingerprint density at radius 1 is 1.43 bits per heavy atom. The summed E-state index contributed by atoms with van der Waals surface area (Å²) in [5.74, 6) is 5.86. The quantitative estimate of drug-likeness (QED) is 0.835. The third-order valence-corrected chi connectivity index (χ3v) is 5.36. The Balaban J connectivity index is 3.38. The van der Waals surface area contributed by atoms with Crippen LogP contribution < -0.4 is 10.5 Å². The van der Waals surface area contributed by atoms with Gasteiger partial charge in [0.25, 0.3) is 0 Å². The Hall–Kier alpha value is -1.55. The summed E-state index contributed by atoms with van der Waals surface area (Å²) < 4.78 is 32.0. The molecule has 1 rings (SSSR count). The minimum atomic E-state index is -3.63. The summed E-state index contributed by atoms with van der Waals surface area (Å²) in [6.07, 6.45) is 0.727. The van der Waals surface area contributed by atoms with Gasteiger partial charge in [0.15, 0.2) is 0 Å². The summed E-state index contributed by atoms with van der Waals surface area (Å²) in [5, 5.41) is 0. The highest BCUT2D eigenvalue weighted by Gasteiger charge is 2.27. The number of nitrogens with two attached hydrogens (primary N) is 1. The van der Waals surface area contributed by atoms with Gasteiger partial charge in [0, 0.05) is 18.7 Å². The molecule has 0 aliphatic carbocycles. The Morgan fingerprint density at radius 3 is 2.62 bits per heavy atom. The van der Waals surface area contributed by atoms with E-state index in [1.54, 1.807) is 19.2 Å². The number of ether oxygens (including phenoxy) is 1. The molecule has 21 heavy (non-hydrogen) atoms. The van der Waals surface area contributed by atoms with Gasteiger partial charge in [-0.3, -0.25) is 0 Å². The largest absolute Gasteiger partial charge is 0.495 e. The molecule has 6 heteroatoms. The second kappa shape index (κ2) is 7.46. The van der Waals surface area contributed by atoms with Gasteiger partial charge >= 0.3 is 0 Å². The molecule has 116 valence electrons.